The first-order valence-electron chi connectivity index (χ1n) is 11.2. The van der Waals surface area contributed by atoms with Gasteiger partial charge >= 0.3 is 0 Å². The van der Waals surface area contributed by atoms with Gasteiger partial charge in [-0.3, -0.25) is 4.79 Å². The molecule has 0 saturated heterocycles. The van der Waals surface area contributed by atoms with Crippen LogP contribution in [-0.2, 0) is 16.6 Å². The minimum atomic E-state index is -3.82. The van der Waals surface area contributed by atoms with E-state index in [-0.39, 0.29) is 29.0 Å². The second-order valence-electron chi connectivity index (χ2n) is 8.19. The minimum absolute atomic E-state index is 0.00857. The Morgan fingerprint density at radius 2 is 1.63 bits per heavy atom. The lowest BCUT2D eigenvalue weighted by atomic mass is 10.1. The molecule has 3 aromatic carbocycles. The van der Waals surface area contributed by atoms with Crippen LogP contribution in [0.4, 0.5) is 11.4 Å². The summed E-state index contributed by atoms with van der Waals surface area (Å²) >= 11 is 0. The van der Waals surface area contributed by atoms with Crippen LogP contribution in [0.2, 0.25) is 0 Å². The molecule has 0 aliphatic rings. The lowest BCUT2D eigenvalue weighted by Gasteiger charge is -2.16. The zero-order valence-electron chi connectivity index (χ0n) is 19.5. The SMILES string of the molecule is Cc1ccc(S(=O)(=O)NCc2ccco2)cc1C(=O)Nc1ccc(NC(C)c2ccccc2)cc1. The van der Waals surface area contributed by atoms with E-state index in [4.69, 9.17) is 4.42 Å². The van der Waals surface area contributed by atoms with Gasteiger partial charge in [-0.05, 0) is 73.5 Å². The van der Waals surface area contributed by atoms with E-state index in [1.807, 2.05) is 30.3 Å². The fourth-order valence-electron chi connectivity index (χ4n) is 3.60. The van der Waals surface area contributed by atoms with Crippen LogP contribution < -0.4 is 15.4 Å². The number of amides is 1. The Labute approximate surface area is 205 Å². The van der Waals surface area contributed by atoms with Gasteiger partial charge in [0.1, 0.15) is 5.76 Å². The number of rotatable bonds is 9. The Hall–Kier alpha value is -3.88. The maximum absolute atomic E-state index is 12.9. The largest absolute Gasteiger partial charge is 0.468 e. The Kier molecular flexibility index (Phi) is 7.33. The van der Waals surface area contributed by atoms with Crippen LogP contribution in [0.25, 0.3) is 0 Å². The maximum Gasteiger partial charge on any atom is 0.255 e. The second kappa shape index (κ2) is 10.6. The molecular formula is C27H27N3O4S. The number of nitrogens with one attached hydrogen (secondary N) is 3. The number of carbonyl (C=O) groups is 1. The van der Waals surface area contributed by atoms with Crippen LogP contribution in [0, 0.1) is 6.92 Å². The molecule has 1 aromatic heterocycles. The molecule has 4 aromatic rings. The van der Waals surface area contributed by atoms with E-state index in [9.17, 15) is 13.2 Å². The molecule has 0 aliphatic heterocycles. The summed E-state index contributed by atoms with van der Waals surface area (Å²) in [5.74, 6) is 0.110. The monoisotopic (exact) mass is 489 g/mol. The molecule has 1 amide bonds. The Bertz CT molecular complexity index is 1380. The molecule has 1 atom stereocenters. The molecule has 35 heavy (non-hydrogen) atoms. The highest BCUT2D eigenvalue weighted by Crippen LogP contribution is 2.22. The van der Waals surface area contributed by atoms with E-state index in [1.165, 1.54) is 24.0 Å². The van der Waals surface area contributed by atoms with Gasteiger partial charge in [0, 0.05) is 23.0 Å². The minimum Gasteiger partial charge on any atom is -0.468 e. The molecule has 1 unspecified atom stereocenters. The zero-order valence-corrected chi connectivity index (χ0v) is 20.3. The lowest BCUT2D eigenvalue weighted by Crippen LogP contribution is -2.24. The molecule has 1 heterocycles. The Balaban J connectivity index is 1.43. The predicted molar refractivity (Wildman–Crippen MR) is 137 cm³/mol. The number of anilines is 2. The molecule has 0 saturated carbocycles. The summed E-state index contributed by atoms with van der Waals surface area (Å²) in [5, 5.41) is 6.28. The van der Waals surface area contributed by atoms with Crippen LogP contribution in [-0.4, -0.2) is 14.3 Å². The summed E-state index contributed by atoms with van der Waals surface area (Å²) in [4.78, 5) is 13.0. The van der Waals surface area contributed by atoms with Crippen molar-refractivity contribution in [1.82, 2.24) is 4.72 Å². The first-order chi connectivity index (χ1) is 16.8. The number of hydrogen-bond donors (Lipinski definition) is 3. The number of benzene rings is 3. The maximum atomic E-state index is 12.9. The highest BCUT2D eigenvalue weighted by molar-refractivity contribution is 7.89. The van der Waals surface area contributed by atoms with Crippen molar-refractivity contribution in [2.24, 2.45) is 0 Å². The van der Waals surface area contributed by atoms with E-state index in [0.29, 0.717) is 17.0 Å². The molecule has 0 bridgehead atoms. The first-order valence-corrected chi connectivity index (χ1v) is 12.7. The summed E-state index contributed by atoms with van der Waals surface area (Å²) in [6.07, 6.45) is 1.48. The fraction of sp³-hybridized carbons (Fsp3) is 0.148. The highest BCUT2D eigenvalue weighted by Gasteiger charge is 2.18. The number of carbonyl (C=O) groups excluding carboxylic acids is 1. The van der Waals surface area contributed by atoms with Crippen LogP contribution in [0.1, 0.15) is 40.2 Å². The summed E-state index contributed by atoms with van der Waals surface area (Å²) in [6, 6.07) is 25.5. The average Bonchev–Trinajstić information content (AvgIpc) is 3.38. The highest BCUT2D eigenvalue weighted by atomic mass is 32.2. The van der Waals surface area contributed by atoms with Gasteiger partial charge < -0.3 is 15.1 Å². The van der Waals surface area contributed by atoms with Crippen molar-refractivity contribution in [2.75, 3.05) is 10.6 Å². The van der Waals surface area contributed by atoms with Gasteiger partial charge in [-0.25, -0.2) is 13.1 Å². The van der Waals surface area contributed by atoms with Gasteiger partial charge in [0.25, 0.3) is 5.91 Å². The normalized spacial score (nSPS) is 12.2. The molecule has 7 nitrogen and oxygen atoms in total. The van der Waals surface area contributed by atoms with E-state index >= 15 is 0 Å². The number of aryl methyl sites for hydroxylation is 1. The van der Waals surface area contributed by atoms with Crippen molar-refractivity contribution in [1.29, 1.82) is 0 Å². The molecule has 4 rings (SSSR count). The van der Waals surface area contributed by atoms with E-state index in [1.54, 1.807) is 37.3 Å². The third-order valence-electron chi connectivity index (χ3n) is 5.61. The van der Waals surface area contributed by atoms with Crippen molar-refractivity contribution in [2.45, 2.75) is 31.3 Å². The molecule has 0 fully saturated rings. The van der Waals surface area contributed by atoms with E-state index < -0.39 is 10.0 Å². The number of furan rings is 1. The first kappa shape index (κ1) is 24.3. The third-order valence-corrected chi connectivity index (χ3v) is 7.00. The average molecular weight is 490 g/mol. The van der Waals surface area contributed by atoms with Crippen LogP contribution in [0.3, 0.4) is 0 Å². The molecule has 3 N–H and O–H groups in total. The van der Waals surface area contributed by atoms with Gasteiger partial charge in [0.05, 0.1) is 17.7 Å². The van der Waals surface area contributed by atoms with Crippen molar-refractivity contribution in [3.05, 3.63) is 114 Å². The molecule has 0 aliphatic carbocycles. The van der Waals surface area contributed by atoms with Crippen molar-refractivity contribution in [3.8, 4) is 0 Å². The van der Waals surface area contributed by atoms with Gasteiger partial charge in [-0.2, -0.15) is 0 Å². The lowest BCUT2D eigenvalue weighted by molar-refractivity contribution is 0.102. The van der Waals surface area contributed by atoms with E-state index in [2.05, 4.69) is 34.4 Å². The van der Waals surface area contributed by atoms with Crippen LogP contribution in [0.5, 0.6) is 0 Å². The molecular weight excluding hydrogens is 462 g/mol. The van der Waals surface area contributed by atoms with Crippen molar-refractivity contribution in [3.63, 3.8) is 0 Å². The number of hydrogen-bond acceptors (Lipinski definition) is 5. The summed E-state index contributed by atoms with van der Waals surface area (Å²) in [7, 11) is -3.82. The van der Waals surface area contributed by atoms with Gasteiger partial charge in [0.2, 0.25) is 10.0 Å². The molecule has 0 radical (unpaired) electrons. The number of sulfonamides is 1. The van der Waals surface area contributed by atoms with Gasteiger partial charge in [0.15, 0.2) is 0 Å². The third kappa shape index (κ3) is 6.17. The predicted octanol–water partition coefficient (Wildman–Crippen LogP) is 5.49. The topological polar surface area (TPSA) is 100 Å². The van der Waals surface area contributed by atoms with Crippen LogP contribution in [0.15, 0.2) is 101 Å². The summed E-state index contributed by atoms with van der Waals surface area (Å²) in [6.45, 7) is 3.87. The smallest absolute Gasteiger partial charge is 0.255 e. The molecule has 8 heteroatoms. The Morgan fingerprint density at radius 3 is 2.31 bits per heavy atom. The molecule has 180 valence electrons. The quantitative estimate of drug-likeness (QED) is 0.289. The van der Waals surface area contributed by atoms with E-state index in [0.717, 1.165) is 5.69 Å². The van der Waals surface area contributed by atoms with Crippen molar-refractivity contribution < 1.29 is 17.6 Å². The van der Waals surface area contributed by atoms with Gasteiger partial charge in [-0.15, -0.1) is 0 Å². The summed E-state index contributed by atoms with van der Waals surface area (Å²) in [5.41, 5.74) is 3.66. The second-order valence-corrected chi connectivity index (χ2v) is 9.96. The van der Waals surface area contributed by atoms with Crippen LogP contribution >= 0.6 is 0 Å². The summed E-state index contributed by atoms with van der Waals surface area (Å²) < 4.78 is 33.1. The van der Waals surface area contributed by atoms with Gasteiger partial charge in [-0.1, -0.05) is 36.4 Å². The Morgan fingerprint density at radius 1 is 0.914 bits per heavy atom. The fourth-order valence-corrected chi connectivity index (χ4v) is 4.62. The van der Waals surface area contributed by atoms with Crippen molar-refractivity contribution >= 4 is 27.3 Å². The molecule has 0 spiro atoms. The zero-order chi connectivity index (χ0) is 24.8. The standard InChI is InChI=1S/C27H27N3O4S/c1-19-10-15-25(35(32,33)28-18-24-9-6-16-34-24)17-26(19)27(31)30-23-13-11-22(12-14-23)29-20(2)21-7-4-3-5-8-21/h3-17,20,28-29H,18H2,1-2H3,(H,30,31).